The van der Waals surface area contributed by atoms with E-state index in [9.17, 15) is 5.11 Å². The Labute approximate surface area is 94.2 Å². The Bertz CT molecular complexity index is 532. The predicted molar refractivity (Wildman–Crippen MR) is 63.5 cm³/mol. The summed E-state index contributed by atoms with van der Waals surface area (Å²) in [6.45, 7) is 1.96. The molecule has 0 saturated heterocycles. The second-order valence-corrected chi connectivity index (χ2v) is 3.68. The number of aryl methyl sites for hydroxylation is 1. The van der Waals surface area contributed by atoms with Crippen LogP contribution in [-0.4, -0.2) is 19.3 Å². The van der Waals surface area contributed by atoms with E-state index in [4.69, 9.17) is 9.47 Å². The van der Waals surface area contributed by atoms with Gasteiger partial charge in [0, 0.05) is 5.39 Å². The number of phenolic OH excluding ortho intramolecular Hbond substituents is 1. The highest BCUT2D eigenvalue weighted by Crippen LogP contribution is 2.39. The van der Waals surface area contributed by atoms with Crippen molar-refractivity contribution in [1.29, 1.82) is 0 Å². The molecule has 0 amide bonds. The third-order valence-electron chi connectivity index (χ3n) is 2.60. The van der Waals surface area contributed by atoms with Gasteiger partial charge in [0.05, 0.1) is 19.6 Å². The molecule has 2 aromatic rings. The molecular weight excluding hydrogens is 204 g/mol. The molecule has 0 radical (unpaired) electrons. The Morgan fingerprint density at radius 1 is 1.00 bits per heavy atom. The minimum atomic E-state index is 0.234. The van der Waals surface area contributed by atoms with Crippen LogP contribution in [0.5, 0.6) is 17.2 Å². The molecule has 84 valence electrons. The highest BCUT2D eigenvalue weighted by molar-refractivity contribution is 5.98. The second-order valence-electron chi connectivity index (χ2n) is 3.68. The molecule has 0 aliphatic carbocycles. The minimum Gasteiger partial charge on any atom is -0.507 e. The van der Waals surface area contributed by atoms with Gasteiger partial charge in [0.2, 0.25) is 0 Å². The smallest absolute Gasteiger partial charge is 0.130 e. The topological polar surface area (TPSA) is 38.7 Å². The molecule has 0 spiro atoms. The molecule has 0 saturated carbocycles. The summed E-state index contributed by atoms with van der Waals surface area (Å²) in [5.74, 6) is 1.64. The van der Waals surface area contributed by atoms with Crippen molar-refractivity contribution in [2.45, 2.75) is 6.92 Å². The lowest BCUT2D eigenvalue weighted by molar-refractivity contribution is 0.403. The van der Waals surface area contributed by atoms with E-state index in [1.807, 2.05) is 19.1 Å². The lowest BCUT2D eigenvalue weighted by atomic mass is 10.0. The van der Waals surface area contributed by atoms with Crippen LogP contribution in [0.3, 0.4) is 0 Å². The van der Waals surface area contributed by atoms with Gasteiger partial charge in [-0.15, -0.1) is 0 Å². The van der Waals surface area contributed by atoms with Crippen LogP contribution in [0, 0.1) is 6.92 Å². The van der Waals surface area contributed by atoms with Crippen molar-refractivity contribution >= 4 is 10.8 Å². The van der Waals surface area contributed by atoms with E-state index in [1.54, 1.807) is 26.4 Å². The van der Waals surface area contributed by atoms with Crippen molar-refractivity contribution in [3.8, 4) is 17.2 Å². The van der Waals surface area contributed by atoms with E-state index in [0.29, 0.717) is 11.5 Å². The summed E-state index contributed by atoms with van der Waals surface area (Å²) in [5, 5.41) is 11.4. The zero-order valence-corrected chi connectivity index (χ0v) is 9.57. The summed E-state index contributed by atoms with van der Waals surface area (Å²) in [7, 11) is 3.21. The van der Waals surface area contributed by atoms with Gasteiger partial charge in [-0.1, -0.05) is 0 Å². The molecule has 0 bridgehead atoms. The average Bonchev–Trinajstić information content (AvgIpc) is 2.29. The van der Waals surface area contributed by atoms with Crippen molar-refractivity contribution in [2.24, 2.45) is 0 Å². The largest absolute Gasteiger partial charge is 0.507 e. The molecule has 2 aromatic carbocycles. The first-order chi connectivity index (χ1) is 7.67. The number of methoxy groups -OCH3 is 2. The fourth-order valence-corrected chi connectivity index (χ4v) is 1.87. The molecular formula is C13H14O3. The Morgan fingerprint density at radius 2 is 1.69 bits per heavy atom. The SMILES string of the molecule is COc1ccc(O)c2cc(C)cc(OC)c12. The van der Waals surface area contributed by atoms with E-state index < -0.39 is 0 Å². The van der Waals surface area contributed by atoms with Crippen LogP contribution < -0.4 is 9.47 Å². The summed E-state index contributed by atoms with van der Waals surface area (Å²) < 4.78 is 10.6. The zero-order valence-electron chi connectivity index (χ0n) is 9.57. The molecule has 0 fully saturated rings. The Kier molecular flexibility index (Phi) is 2.60. The molecule has 0 atom stereocenters. The second kappa shape index (κ2) is 3.93. The van der Waals surface area contributed by atoms with Crippen LogP contribution >= 0.6 is 0 Å². The summed E-state index contributed by atoms with van der Waals surface area (Å²) in [5.41, 5.74) is 1.04. The van der Waals surface area contributed by atoms with Crippen molar-refractivity contribution in [1.82, 2.24) is 0 Å². The summed E-state index contributed by atoms with van der Waals surface area (Å²) in [6.07, 6.45) is 0. The van der Waals surface area contributed by atoms with E-state index in [2.05, 4.69) is 0 Å². The van der Waals surface area contributed by atoms with Crippen LogP contribution in [0.2, 0.25) is 0 Å². The number of aromatic hydroxyl groups is 1. The number of hydrogen-bond acceptors (Lipinski definition) is 3. The highest BCUT2D eigenvalue weighted by atomic mass is 16.5. The maximum atomic E-state index is 9.82. The third-order valence-corrected chi connectivity index (χ3v) is 2.60. The van der Waals surface area contributed by atoms with Crippen molar-refractivity contribution in [3.63, 3.8) is 0 Å². The first-order valence-electron chi connectivity index (χ1n) is 5.01. The van der Waals surface area contributed by atoms with E-state index >= 15 is 0 Å². The van der Waals surface area contributed by atoms with Crippen LogP contribution in [0.25, 0.3) is 10.8 Å². The number of rotatable bonds is 2. The average molecular weight is 218 g/mol. The van der Waals surface area contributed by atoms with Gasteiger partial charge in [-0.25, -0.2) is 0 Å². The molecule has 16 heavy (non-hydrogen) atoms. The fraction of sp³-hybridized carbons (Fsp3) is 0.231. The normalized spacial score (nSPS) is 10.4. The number of ether oxygens (including phenoxy) is 2. The lowest BCUT2D eigenvalue weighted by Crippen LogP contribution is -1.91. The van der Waals surface area contributed by atoms with Gasteiger partial charge in [0.1, 0.15) is 17.2 Å². The summed E-state index contributed by atoms with van der Waals surface area (Å²) in [6, 6.07) is 7.19. The monoisotopic (exact) mass is 218 g/mol. The number of benzene rings is 2. The Morgan fingerprint density at radius 3 is 2.31 bits per heavy atom. The van der Waals surface area contributed by atoms with Gasteiger partial charge in [0.25, 0.3) is 0 Å². The van der Waals surface area contributed by atoms with E-state index in [1.165, 1.54) is 0 Å². The minimum absolute atomic E-state index is 0.234. The van der Waals surface area contributed by atoms with Crippen molar-refractivity contribution in [2.75, 3.05) is 14.2 Å². The zero-order chi connectivity index (χ0) is 11.7. The van der Waals surface area contributed by atoms with E-state index in [0.717, 1.165) is 16.3 Å². The molecule has 0 heterocycles. The number of hydrogen-bond donors (Lipinski definition) is 1. The number of phenols is 1. The van der Waals surface area contributed by atoms with Crippen LogP contribution in [-0.2, 0) is 0 Å². The van der Waals surface area contributed by atoms with Crippen molar-refractivity contribution < 1.29 is 14.6 Å². The Hall–Kier alpha value is -1.90. The molecule has 0 unspecified atom stereocenters. The van der Waals surface area contributed by atoms with Crippen LogP contribution in [0.1, 0.15) is 5.56 Å². The Balaban J connectivity index is 2.91. The van der Waals surface area contributed by atoms with Gasteiger partial charge < -0.3 is 14.6 Å². The lowest BCUT2D eigenvalue weighted by Gasteiger charge is -2.12. The molecule has 3 heteroatoms. The first kappa shape index (κ1) is 10.6. The van der Waals surface area contributed by atoms with Crippen molar-refractivity contribution in [3.05, 3.63) is 29.8 Å². The quantitative estimate of drug-likeness (QED) is 0.842. The van der Waals surface area contributed by atoms with Gasteiger partial charge in [-0.05, 0) is 36.8 Å². The molecule has 0 aliphatic rings. The highest BCUT2D eigenvalue weighted by Gasteiger charge is 2.11. The summed E-state index contributed by atoms with van der Waals surface area (Å²) >= 11 is 0. The van der Waals surface area contributed by atoms with Gasteiger partial charge >= 0.3 is 0 Å². The van der Waals surface area contributed by atoms with Crippen LogP contribution in [0.4, 0.5) is 0 Å². The molecule has 2 rings (SSSR count). The standard InChI is InChI=1S/C13H14O3/c1-8-6-9-10(14)4-5-11(15-2)13(9)12(7-8)16-3/h4-7,14H,1-3H3. The molecule has 0 aromatic heterocycles. The third kappa shape index (κ3) is 1.54. The fourth-order valence-electron chi connectivity index (χ4n) is 1.87. The first-order valence-corrected chi connectivity index (χ1v) is 5.01. The van der Waals surface area contributed by atoms with Gasteiger partial charge in [-0.3, -0.25) is 0 Å². The van der Waals surface area contributed by atoms with Crippen LogP contribution in [0.15, 0.2) is 24.3 Å². The molecule has 1 N–H and O–H groups in total. The molecule has 3 nitrogen and oxygen atoms in total. The van der Waals surface area contributed by atoms with E-state index in [-0.39, 0.29) is 5.75 Å². The maximum Gasteiger partial charge on any atom is 0.130 e. The van der Waals surface area contributed by atoms with Gasteiger partial charge in [0.15, 0.2) is 0 Å². The summed E-state index contributed by atoms with van der Waals surface area (Å²) in [4.78, 5) is 0. The molecule has 0 aliphatic heterocycles. The van der Waals surface area contributed by atoms with Gasteiger partial charge in [-0.2, -0.15) is 0 Å². The number of fused-ring (bicyclic) bond motifs is 1. The predicted octanol–water partition coefficient (Wildman–Crippen LogP) is 2.87. The maximum absolute atomic E-state index is 9.82.